The highest BCUT2D eigenvalue weighted by Gasteiger charge is 2.31. The van der Waals surface area contributed by atoms with E-state index < -0.39 is 0 Å². The summed E-state index contributed by atoms with van der Waals surface area (Å²) in [7, 11) is 0. The van der Waals surface area contributed by atoms with Gasteiger partial charge >= 0.3 is 0 Å². The Bertz CT molecular complexity index is 483. The Labute approximate surface area is 126 Å². The molecule has 3 rings (SSSR count). The Hall–Kier alpha value is -1.36. The van der Waals surface area contributed by atoms with Crippen LogP contribution in [0.2, 0.25) is 0 Å². The lowest BCUT2D eigenvalue weighted by Gasteiger charge is -2.32. The van der Waals surface area contributed by atoms with E-state index in [0.29, 0.717) is 11.8 Å². The summed E-state index contributed by atoms with van der Waals surface area (Å²) in [6.45, 7) is 6.71. The maximum atomic E-state index is 12.3. The summed E-state index contributed by atoms with van der Waals surface area (Å²) in [6, 6.07) is 2.19. The Morgan fingerprint density at radius 1 is 1.38 bits per heavy atom. The number of likely N-dealkylation sites (tertiary alicyclic amines) is 1. The van der Waals surface area contributed by atoms with Gasteiger partial charge in [-0.1, -0.05) is 13.8 Å². The second-order valence-electron chi connectivity index (χ2n) is 6.50. The van der Waals surface area contributed by atoms with E-state index in [0.717, 1.165) is 51.1 Å². The van der Waals surface area contributed by atoms with E-state index in [1.54, 1.807) is 0 Å². The van der Waals surface area contributed by atoms with Crippen molar-refractivity contribution in [3.05, 3.63) is 17.5 Å². The van der Waals surface area contributed by atoms with Crippen LogP contribution in [-0.2, 0) is 9.53 Å². The van der Waals surface area contributed by atoms with Crippen LogP contribution in [0.15, 0.2) is 6.07 Å². The second-order valence-corrected chi connectivity index (χ2v) is 6.50. The van der Waals surface area contributed by atoms with Crippen molar-refractivity contribution in [1.29, 1.82) is 0 Å². The molecule has 2 fully saturated rings. The van der Waals surface area contributed by atoms with Gasteiger partial charge in [0.25, 0.3) is 5.91 Å². The fraction of sp³-hybridized carbons (Fsp3) is 0.750. The van der Waals surface area contributed by atoms with E-state index >= 15 is 0 Å². The average Bonchev–Trinajstić information content (AvgIpc) is 3.18. The van der Waals surface area contributed by atoms with E-state index in [1.165, 1.54) is 5.69 Å². The molecule has 2 aliphatic heterocycles. The predicted octanol–water partition coefficient (Wildman–Crippen LogP) is 2.42. The number of nitrogens with one attached hydrogen (secondary N) is 1. The lowest BCUT2D eigenvalue weighted by Crippen LogP contribution is -2.43. The van der Waals surface area contributed by atoms with Crippen molar-refractivity contribution in [1.82, 2.24) is 15.1 Å². The predicted molar refractivity (Wildman–Crippen MR) is 80.2 cm³/mol. The number of hydrogen-bond acceptors (Lipinski definition) is 3. The third-order valence-corrected chi connectivity index (χ3v) is 4.66. The molecule has 0 bridgehead atoms. The molecule has 1 aromatic rings. The Balaban J connectivity index is 1.55. The maximum absolute atomic E-state index is 12.3. The quantitative estimate of drug-likeness (QED) is 0.930. The summed E-state index contributed by atoms with van der Waals surface area (Å²) in [6.07, 6.45) is 3.74. The van der Waals surface area contributed by atoms with Crippen LogP contribution in [0.4, 0.5) is 0 Å². The number of amides is 1. The molecule has 5 heteroatoms. The van der Waals surface area contributed by atoms with Crippen LogP contribution in [0, 0.1) is 0 Å². The first kappa shape index (κ1) is 14.6. The minimum Gasteiger partial charge on any atom is -0.368 e. The van der Waals surface area contributed by atoms with Crippen LogP contribution < -0.4 is 0 Å². The summed E-state index contributed by atoms with van der Waals surface area (Å²) in [4.78, 5) is 14.3. The first-order valence-corrected chi connectivity index (χ1v) is 8.10. The number of rotatable bonds is 3. The average molecular weight is 291 g/mol. The van der Waals surface area contributed by atoms with Crippen LogP contribution in [-0.4, -0.2) is 46.8 Å². The molecule has 0 aromatic carbocycles. The van der Waals surface area contributed by atoms with E-state index in [2.05, 4.69) is 30.1 Å². The van der Waals surface area contributed by atoms with Gasteiger partial charge in [0.1, 0.15) is 6.10 Å². The van der Waals surface area contributed by atoms with Gasteiger partial charge in [-0.05, 0) is 37.7 Å². The van der Waals surface area contributed by atoms with Crippen molar-refractivity contribution in [3.8, 4) is 0 Å². The van der Waals surface area contributed by atoms with Crippen molar-refractivity contribution in [2.45, 2.75) is 57.5 Å². The molecule has 2 aliphatic rings. The zero-order chi connectivity index (χ0) is 14.8. The maximum Gasteiger partial charge on any atom is 0.251 e. The lowest BCUT2D eigenvalue weighted by atomic mass is 9.92. The Morgan fingerprint density at radius 2 is 2.14 bits per heavy atom. The van der Waals surface area contributed by atoms with Gasteiger partial charge in [0.2, 0.25) is 0 Å². The smallest absolute Gasteiger partial charge is 0.251 e. The molecule has 0 radical (unpaired) electrons. The molecule has 2 saturated heterocycles. The molecular weight excluding hydrogens is 266 g/mol. The number of ether oxygens (including phenoxy) is 1. The van der Waals surface area contributed by atoms with Gasteiger partial charge in [-0.15, -0.1) is 0 Å². The van der Waals surface area contributed by atoms with Crippen LogP contribution in [0.25, 0.3) is 0 Å². The third-order valence-electron chi connectivity index (χ3n) is 4.66. The van der Waals surface area contributed by atoms with Gasteiger partial charge < -0.3 is 9.64 Å². The molecule has 21 heavy (non-hydrogen) atoms. The van der Waals surface area contributed by atoms with Gasteiger partial charge in [-0.2, -0.15) is 5.10 Å². The zero-order valence-corrected chi connectivity index (χ0v) is 13.0. The second kappa shape index (κ2) is 6.18. The van der Waals surface area contributed by atoms with Crippen molar-refractivity contribution < 1.29 is 9.53 Å². The SMILES string of the molecule is CC(C)c1cc(C2CCN(C(=O)[C@H]3CCCO3)CC2)[nH]n1. The van der Waals surface area contributed by atoms with Crippen molar-refractivity contribution in [2.75, 3.05) is 19.7 Å². The van der Waals surface area contributed by atoms with Gasteiger partial charge in [0, 0.05) is 31.3 Å². The standard InChI is InChI=1S/C16H25N3O2/c1-11(2)13-10-14(18-17-13)12-5-7-19(8-6-12)16(20)15-4-3-9-21-15/h10-12,15H,3-9H2,1-2H3,(H,17,18)/t15-/m1/s1. The highest BCUT2D eigenvalue weighted by molar-refractivity contribution is 5.81. The van der Waals surface area contributed by atoms with Gasteiger partial charge in [-0.25, -0.2) is 0 Å². The highest BCUT2D eigenvalue weighted by atomic mass is 16.5. The number of carbonyl (C=O) groups excluding carboxylic acids is 1. The molecule has 0 unspecified atom stereocenters. The molecule has 0 saturated carbocycles. The summed E-state index contributed by atoms with van der Waals surface area (Å²) in [5.41, 5.74) is 2.35. The summed E-state index contributed by atoms with van der Waals surface area (Å²) < 4.78 is 5.50. The molecule has 0 spiro atoms. The number of piperidine rings is 1. The summed E-state index contributed by atoms with van der Waals surface area (Å²) >= 11 is 0. The molecule has 1 atom stereocenters. The molecule has 5 nitrogen and oxygen atoms in total. The van der Waals surface area contributed by atoms with Crippen molar-refractivity contribution in [3.63, 3.8) is 0 Å². The Kier molecular flexibility index (Phi) is 4.29. The first-order valence-electron chi connectivity index (χ1n) is 8.10. The third kappa shape index (κ3) is 3.12. The minimum absolute atomic E-state index is 0.179. The fourth-order valence-corrected chi connectivity index (χ4v) is 3.24. The normalized spacial score (nSPS) is 24.0. The molecule has 0 aliphatic carbocycles. The van der Waals surface area contributed by atoms with E-state index in [4.69, 9.17) is 4.74 Å². The number of aromatic amines is 1. The molecule has 3 heterocycles. The molecule has 116 valence electrons. The molecule has 1 amide bonds. The van der Waals surface area contributed by atoms with E-state index in [-0.39, 0.29) is 12.0 Å². The molecule has 1 N–H and O–H groups in total. The zero-order valence-electron chi connectivity index (χ0n) is 13.0. The molecule has 1 aromatic heterocycles. The Morgan fingerprint density at radius 3 is 2.71 bits per heavy atom. The highest BCUT2D eigenvalue weighted by Crippen LogP contribution is 2.29. The topological polar surface area (TPSA) is 58.2 Å². The van der Waals surface area contributed by atoms with Crippen LogP contribution in [0.1, 0.15) is 62.8 Å². The number of aromatic nitrogens is 2. The number of nitrogens with zero attached hydrogens (tertiary/aromatic N) is 2. The fourth-order valence-electron chi connectivity index (χ4n) is 3.24. The molecular formula is C16H25N3O2. The van der Waals surface area contributed by atoms with Gasteiger partial charge in [0.15, 0.2) is 0 Å². The number of hydrogen-bond donors (Lipinski definition) is 1. The van der Waals surface area contributed by atoms with E-state index in [1.807, 2.05) is 4.90 Å². The van der Waals surface area contributed by atoms with E-state index in [9.17, 15) is 4.79 Å². The largest absolute Gasteiger partial charge is 0.368 e. The van der Waals surface area contributed by atoms with Crippen LogP contribution in [0.5, 0.6) is 0 Å². The monoisotopic (exact) mass is 291 g/mol. The first-order chi connectivity index (χ1) is 10.1. The van der Waals surface area contributed by atoms with Gasteiger partial charge in [0.05, 0.1) is 5.69 Å². The summed E-state index contributed by atoms with van der Waals surface area (Å²) in [5, 5.41) is 7.56. The minimum atomic E-state index is -0.179. The van der Waals surface area contributed by atoms with Gasteiger partial charge in [-0.3, -0.25) is 9.89 Å². The van der Waals surface area contributed by atoms with Crippen molar-refractivity contribution in [2.24, 2.45) is 0 Å². The summed E-state index contributed by atoms with van der Waals surface area (Å²) in [5.74, 6) is 1.15. The van der Waals surface area contributed by atoms with Crippen molar-refractivity contribution >= 4 is 5.91 Å². The number of carbonyl (C=O) groups is 1. The number of H-pyrrole nitrogens is 1. The van der Waals surface area contributed by atoms with Crippen LogP contribution in [0.3, 0.4) is 0 Å². The van der Waals surface area contributed by atoms with Crippen LogP contribution >= 0.6 is 0 Å². The lowest BCUT2D eigenvalue weighted by molar-refractivity contribution is -0.142.